The molecule has 6 heteroatoms. The molecule has 134 valence electrons. The Balaban J connectivity index is 1.20. The molecule has 2 saturated carbocycles. The number of rotatable bonds is 7. The van der Waals surface area contributed by atoms with Crippen molar-refractivity contribution in [3.8, 4) is 0 Å². The summed E-state index contributed by atoms with van der Waals surface area (Å²) in [5, 5.41) is 4.18. The van der Waals surface area contributed by atoms with Gasteiger partial charge in [-0.15, -0.1) is 22.7 Å². The Morgan fingerprint density at radius 3 is 2.12 bits per heavy atom. The number of hydrogen-bond acceptors (Lipinski definition) is 6. The van der Waals surface area contributed by atoms with Crippen LogP contribution in [0.4, 0.5) is 0 Å². The third kappa shape index (κ3) is 2.89. The highest BCUT2D eigenvalue weighted by atomic mass is 32.1. The second-order valence-corrected chi connectivity index (χ2v) is 9.02. The smallest absolute Gasteiger partial charge is 0.195 e. The van der Waals surface area contributed by atoms with Crippen LogP contribution in [0.25, 0.3) is 0 Å². The van der Waals surface area contributed by atoms with Crippen LogP contribution in [0.2, 0.25) is 0 Å². The van der Waals surface area contributed by atoms with Crippen molar-refractivity contribution in [3.05, 3.63) is 44.8 Å². The summed E-state index contributed by atoms with van der Waals surface area (Å²) in [4.78, 5) is 2.57. The second kappa shape index (κ2) is 6.44. The van der Waals surface area contributed by atoms with Gasteiger partial charge in [0.1, 0.15) is 12.2 Å². The average molecular weight is 379 g/mol. The van der Waals surface area contributed by atoms with E-state index in [1.807, 2.05) is 0 Å². The van der Waals surface area contributed by atoms with E-state index in [2.05, 4.69) is 35.0 Å². The van der Waals surface area contributed by atoms with E-state index in [0.29, 0.717) is 13.2 Å². The van der Waals surface area contributed by atoms with Crippen molar-refractivity contribution in [2.24, 2.45) is 0 Å². The minimum atomic E-state index is -0.560. The maximum atomic E-state index is 6.40. The van der Waals surface area contributed by atoms with E-state index >= 15 is 0 Å². The summed E-state index contributed by atoms with van der Waals surface area (Å²) in [5.41, 5.74) is 0. The Bertz CT molecular complexity index is 701. The Kier molecular flexibility index (Phi) is 4.23. The van der Waals surface area contributed by atoms with E-state index in [-0.39, 0.29) is 12.2 Å². The van der Waals surface area contributed by atoms with Gasteiger partial charge in [0.25, 0.3) is 0 Å². The molecule has 1 aliphatic heterocycles. The van der Waals surface area contributed by atoms with Gasteiger partial charge in [-0.1, -0.05) is 12.1 Å². The predicted octanol–water partition coefficient (Wildman–Crippen LogP) is 4.35. The summed E-state index contributed by atoms with van der Waals surface area (Å²) in [7, 11) is 0. The Morgan fingerprint density at radius 2 is 1.56 bits per heavy atom. The van der Waals surface area contributed by atoms with Crippen LogP contribution < -0.4 is 0 Å². The normalized spacial score (nSPS) is 36.2. The topological polar surface area (TPSA) is 36.9 Å². The zero-order valence-electron chi connectivity index (χ0n) is 14.0. The van der Waals surface area contributed by atoms with Crippen molar-refractivity contribution in [1.82, 2.24) is 0 Å². The van der Waals surface area contributed by atoms with Crippen LogP contribution in [0.1, 0.15) is 35.4 Å². The van der Waals surface area contributed by atoms with Crippen LogP contribution in [-0.4, -0.2) is 30.4 Å². The van der Waals surface area contributed by atoms with Crippen LogP contribution in [0.15, 0.2) is 35.0 Å². The second-order valence-electron chi connectivity index (χ2n) is 6.96. The van der Waals surface area contributed by atoms with E-state index in [9.17, 15) is 0 Å². The highest BCUT2D eigenvalue weighted by Crippen LogP contribution is 2.55. The fourth-order valence-corrected chi connectivity index (χ4v) is 5.12. The number of hydrogen-bond donors (Lipinski definition) is 0. The minimum absolute atomic E-state index is 0.00396. The molecule has 0 spiro atoms. The third-order valence-corrected chi connectivity index (χ3v) is 7.27. The van der Waals surface area contributed by atoms with Crippen molar-refractivity contribution < 1.29 is 18.9 Å². The highest BCUT2D eigenvalue weighted by molar-refractivity contribution is 7.10. The summed E-state index contributed by atoms with van der Waals surface area (Å²) in [6.07, 6.45) is 4.70. The van der Waals surface area contributed by atoms with Crippen molar-refractivity contribution in [3.63, 3.8) is 0 Å². The summed E-state index contributed by atoms with van der Waals surface area (Å²) < 4.78 is 25.2. The van der Waals surface area contributed by atoms with Gasteiger partial charge in [-0.25, -0.2) is 0 Å². The number of thiophene rings is 2. The molecule has 0 unspecified atom stereocenters. The maximum Gasteiger partial charge on any atom is 0.195 e. The molecular weight excluding hydrogens is 356 g/mol. The summed E-state index contributed by atoms with van der Waals surface area (Å²) in [5.74, 6) is -1.10. The van der Waals surface area contributed by atoms with Crippen molar-refractivity contribution in [1.29, 1.82) is 0 Å². The Hall–Kier alpha value is -0.760. The van der Waals surface area contributed by atoms with E-state index in [1.54, 1.807) is 22.7 Å². The first-order chi connectivity index (χ1) is 12.3. The van der Waals surface area contributed by atoms with Gasteiger partial charge in [-0.05, 0) is 35.7 Å². The number of fused-ring (bicyclic) bond motifs is 2. The van der Waals surface area contributed by atoms with E-state index in [0.717, 1.165) is 32.1 Å². The molecule has 3 aliphatic rings. The lowest BCUT2D eigenvalue weighted by atomic mass is 9.78. The molecule has 3 heterocycles. The fourth-order valence-electron chi connectivity index (χ4n) is 3.81. The molecule has 1 saturated heterocycles. The molecule has 0 aromatic carbocycles. The maximum absolute atomic E-state index is 6.40. The van der Waals surface area contributed by atoms with Crippen molar-refractivity contribution in [2.75, 3.05) is 6.61 Å². The SMILES string of the molecule is c1csc(CCO[C@]23CC[C@H]2O[C@]2(OCc4cccs4)CC[C@@H]2O3)c1. The lowest BCUT2D eigenvalue weighted by Crippen LogP contribution is -2.73. The molecule has 4 atom stereocenters. The van der Waals surface area contributed by atoms with Gasteiger partial charge in [0.15, 0.2) is 11.6 Å². The fraction of sp³-hybridized carbons (Fsp3) is 0.579. The minimum Gasteiger partial charge on any atom is -0.347 e. The highest BCUT2D eigenvalue weighted by Gasteiger charge is 2.66. The summed E-state index contributed by atoms with van der Waals surface area (Å²) in [6, 6.07) is 8.38. The van der Waals surface area contributed by atoms with Gasteiger partial charge in [-0.3, -0.25) is 0 Å². The lowest BCUT2D eigenvalue weighted by Gasteiger charge is -2.62. The molecule has 5 rings (SSSR count). The van der Waals surface area contributed by atoms with Crippen molar-refractivity contribution >= 4 is 22.7 Å². The molecule has 25 heavy (non-hydrogen) atoms. The first-order valence-electron chi connectivity index (χ1n) is 8.96. The standard InChI is InChI=1S/C19H22O4S2/c1-3-14(24-11-1)7-10-20-18-8-5-16(18)23-19(9-6-17(19)22-18)21-13-15-4-2-12-25-15/h1-4,11-12,16-17H,5-10,13H2/t16-,17+,18+,19-/m1/s1. The van der Waals surface area contributed by atoms with Gasteiger partial charge >= 0.3 is 0 Å². The van der Waals surface area contributed by atoms with Crippen molar-refractivity contribution in [2.45, 2.75) is 62.5 Å². The van der Waals surface area contributed by atoms with Crippen LogP contribution in [0, 0.1) is 0 Å². The zero-order valence-corrected chi connectivity index (χ0v) is 15.7. The molecule has 2 aromatic heterocycles. The first kappa shape index (κ1) is 16.4. The molecule has 0 radical (unpaired) electrons. The van der Waals surface area contributed by atoms with Gasteiger partial charge in [0.05, 0.1) is 13.2 Å². The average Bonchev–Trinajstić information content (AvgIpc) is 3.28. The monoisotopic (exact) mass is 378 g/mol. The predicted molar refractivity (Wildman–Crippen MR) is 96.8 cm³/mol. The van der Waals surface area contributed by atoms with E-state index in [4.69, 9.17) is 18.9 Å². The largest absolute Gasteiger partial charge is 0.347 e. The van der Waals surface area contributed by atoms with Crippen LogP contribution in [-0.2, 0) is 32.0 Å². The van der Waals surface area contributed by atoms with Gasteiger partial charge in [0.2, 0.25) is 0 Å². The molecule has 3 fully saturated rings. The van der Waals surface area contributed by atoms with Crippen LogP contribution >= 0.6 is 22.7 Å². The lowest BCUT2D eigenvalue weighted by molar-refractivity contribution is -0.492. The Morgan fingerprint density at radius 1 is 0.920 bits per heavy atom. The van der Waals surface area contributed by atoms with Gasteiger partial charge < -0.3 is 18.9 Å². The molecule has 0 N–H and O–H groups in total. The molecule has 2 aliphatic carbocycles. The summed E-state index contributed by atoms with van der Waals surface area (Å²) >= 11 is 3.49. The molecular formula is C19H22O4S2. The van der Waals surface area contributed by atoms with Gasteiger partial charge in [0, 0.05) is 29.0 Å². The molecule has 4 nitrogen and oxygen atoms in total. The van der Waals surface area contributed by atoms with Crippen LogP contribution in [0.3, 0.4) is 0 Å². The quantitative estimate of drug-likeness (QED) is 0.718. The number of ether oxygens (including phenoxy) is 4. The van der Waals surface area contributed by atoms with Gasteiger partial charge in [-0.2, -0.15) is 0 Å². The molecule has 0 amide bonds. The Labute approximate surface area is 155 Å². The zero-order chi connectivity index (χ0) is 16.7. The third-order valence-electron chi connectivity index (χ3n) is 5.49. The van der Waals surface area contributed by atoms with Crippen LogP contribution in [0.5, 0.6) is 0 Å². The summed E-state index contributed by atoms with van der Waals surface area (Å²) in [6.45, 7) is 1.27. The van der Waals surface area contributed by atoms with E-state index in [1.165, 1.54) is 9.75 Å². The first-order valence-corrected chi connectivity index (χ1v) is 10.7. The molecule has 0 bridgehead atoms. The molecule has 2 aromatic rings. The van der Waals surface area contributed by atoms with E-state index < -0.39 is 11.6 Å².